The highest BCUT2D eigenvalue weighted by Crippen LogP contribution is 2.30. The molecule has 0 spiro atoms. The molecule has 0 heterocycles. The van der Waals surface area contributed by atoms with Crippen molar-refractivity contribution in [2.75, 3.05) is 12.4 Å². The molecule has 0 saturated heterocycles. The Balaban J connectivity index is 2.95. The first-order valence-corrected chi connectivity index (χ1v) is 6.35. The molecule has 0 unspecified atom stereocenters. The third-order valence-corrected chi connectivity index (χ3v) is 3.40. The molecule has 1 aromatic rings. The van der Waals surface area contributed by atoms with Gasteiger partial charge in [0.25, 0.3) is 0 Å². The van der Waals surface area contributed by atoms with Gasteiger partial charge in [-0.1, -0.05) is 36.7 Å². The van der Waals surface area contributed by atoms with Gasteiger partial charge in [0.1, 0.15) is 5.75 Å². The van der Waals surface area contributed by atoms with Gasteiger partial charge < -0.3 is 10.1 Å². The van der Waals surface area contributed by atoms with Crippen molar-refractivity contribution in [2.45, 2.75) is 27.2 Å². The van der Waals surface area contributed by atoms with Gasteiger partial charge in [0, 0.05) is 9.89 Å². The SMILES string of the molecule is CCC(C)(C)C(=O)Nc1cc(Br)ccc1OC. The van der Waals surface area contributed by atoms with Crippen molar-refractivity contribution in [1.82, 2.24) is 0 Å². The minimum Gasteiger partial charge on any atom is -0.495 e. The van der Waals surface area contributed by atoms with E-state index >= 15 is 0 Å². The molecule has 3 nitrogen and oxygen atoms in total. The lowest BCUT2D eigenvalue weighted by atomic mass is 9.89. The number of methoxy groups -OCH3 is 1. The van der Waals surface area contributed by atoms with E-state index in [2.05, 4.69) is 21.2 Å². The van der Waals surface area contributed by atoms with Crippen molar-refractivity contribution in [3.8, 4) is 5.75 Å². The van der Waals surface area contributed by atoms with Gasteiger partial charge in [-0.15, -0.1) is 0 Å². The van der Waals surface area contributed by atoms with Crippen LogP contribution in [-0.2, 0) is 4.79 Å². The van der Waals surface area contributed by atoms with E-state index < -0.39 is 0 Å². The average molecular weight is 300 g/mol. The number of nitrogens with one attached hydrogen (secondary N) is 1. The highest BCUT2D eigenvalue weighted by molar-refractivity contribution is 9.10. The Bertz CT molecular complexity index is 416. The van der Waals surface area contributed by atoms with Gasteiger partial charge in [-0.3, -0.25) is 4.79 Å². The van der Waals surface area contributed by atoms with Gasteiger partial charge in [0.05, 0.1) is 12.8 Å². The summed E-state index contributed by atoms with van der Waals surface area (Å²) in [5.74, 6) is 0.657. The van der Waals surface area contributed by atoms with Crippen LogP contribution in [0.1, 0.15) is 27.2 Å². The third kappa shape index (κ3) is 3.46. The van der Waals surface area contributed by atoms with Crippen LogP contribution in [0.3, 0.4) is 0 Å². The minimum absolute atomic E-state index is 0.00333. The first-order chi connectivity index (χ1) is 7.90. The number of anilines is 1. The maximum atomic E-state index is 12.1. The Morgan fingerprint density at radius 2 is 2.12 bits per heavy atom. The van der Waals surface area contributed by atoms with Crippen LogP contribution in [-0.4, -0.2) is 13.0 Å². The summed E-state index contributed by atoms with van der Waals surface area (Å²) in [5.41, 5.74) is 0.307. The molecule has 0 radical (unpaired) electrons. The van der Waals surface area contributed by atoms with Crippen molar-refractivity contribution >= 4 is 27.5 Å². The fraction of sp³-hybridized carbons (Fsp3) is 0.462. The molecule has 1 amide bonds. The molecule has 0 atom stereocenters. The highest BCUT2D eigenvalue weighted by atomic mass is 79.9. The van der Waals surface area contributed by atoms with Crippen LogP contribution in [0.2, 0.25) is 0 Å². The maximum Gasteiger partial charge on any atom is 0.230 e. The van der Waals surface area contributed by atoms with Crippen molar-refractivity contribution in [1.29, 1.82) is 0 Å². The van der Waals surface area contributed by atoms with Crippen molar-refractivity contribution in [2.24, 2.45) is 5.41 Å². The van der Waals surface area contributed by atoms with Gasteiger partial charge in [-0.05, 0) is 24.6 Å². The van der Waals surface area contributed by atoms with Crippen molar-refractivity contribution in [3.63, 3.8) is 0 Å². The Kier molecular flexibility index (Phi) is 4.57. The summed E-state index contributed by atoms with van der Waals surface area (Å²) in [6.07, 6.45) is 0.787. The molecule has 0 bridgehead atoms. The van der Waals surface area contributed by atoms with E-state index in [1.54, 1.807) is 7.11 Å². The molecule has 1 rings (SSSR count). The zero-order valence-corrected chi connectivity index (χ0v) is 12.2. The lowest BCUT2D eigenvalue weighted by molar-refractivity contribution is -0.124. The van der Waals surface area contributed by atoms with E-state index in [9.17, 15) is 4.79 Å². The largest absolute Gasteiger partial charge is 0.495 e. The summed E-state index contributed by atoms with van der Waals surface area (Å²) < 4.78 is 6.12. The van der Waals surface area contributed by atoms with Crippen LogP contribution in [0.25, 0.3) is 0 Å². The van der Waals surface area contributed by atoms with Gasteiger partial charge in [0.2, 0.25) is 5.91 Å². The molecule has 0 aliphatic rings. The second-order valence-corrected chi connectivity index (χ2v) is 5.45. The van der Waals surface area contributed by atoms with Gasteiger partial charge >= 0.3 is 0 Å². The quantitative estimate of drug-likeness (QED) is 0.917. The fourth-order valence-corrected chi connectivity index (χ4v) is 1.59. The Morgan fingerprint density at radius 3 is 2.65 bits per heavy atom. The number of carbonyl (C=O) groups is 1. The number of rotatable bonds is 4. The van der Waals surface area contributed by atoms with Gasteiger partial charge in [-0.25, -0.2) is 0 Å². The number of ether oxygens (including phenoxy) is 1. The second-order valence-electron chi connectivity index (χ2n) is 4.54. The lowest BCUT2D eigenvalue weighted by Gasteiger charge is -2.22. The van der Waals surface area contributed by atoms with E-state index in [4.69, 9.17) is 4.74 Å². The molecule has 1 aromatic carbocycles. The number of amides is 1. The standard InChI is InChI=1S/C13H18BrNO2/c1-5-13(2,3)12(16)15-10-8-9(14)6-7-11(10)17-4/h6-8H,5H2,1-4H3,(H,15,16). The third-order valence-electron chi connectivity index (χ3n) is 2.91. The first-order valence-electron chi connectivity index (χ1n) is 5.55. The lowest BCUT2D eigenvalue weighted by Crippen LogP contribution is -2.30. The number of carbonyl (C=O) groups excluding carboxylic acids is 1. The molecule has 0 aliphatic heterocycles. The second kappa shape index (κ2) is 5.54. The normalized spacial score (nSPS) is 11.1. The van der Waals surface area contributed by atoms with E-state index in [0.29, 0.717) is 11.4 Å². The molecule has 4 heteroatoms. The van der Waals surface area contributed by atoms with Crippen LogP contribution in [0.4, 0.5) is 5.69 Å². The Labute approximate surface area is 111 Å². The zero-order chi connectivity index (χ0) is 13.1. The smallest absolute Gasteiger partial charge is 0.230 e. The molecule has 94 valence electrons. The topological polar surface area (TPSA) is 38.3 Å². The molecule has 0 aliphatic carbocycles. The number of halogens is 1. The first kappa shape index (κ1) is 14.0. The molecule has 1 N–H and O–H groups in total. The average Bonchev–Trinajstić information content (AvgIpc) is 2.29. The molecule has 0 saturated carbocycles. The molecular formula is C13H18BrNO2. The van der Waals surface area contributed by atoms with Crippen molar-refractivity contribution in [3.05, 3.63) is 22.7 Å². The number of benzene rings is 1. The van der Waals surface area contributed by atoms with Crippen LogP contribution < -0.4 is 10.1 Å². The van der Waals surface area contributed by atoms with Crippen LogP contribution in [0.15, 0.2) is 22.7 Å². The summed E-state index contributed by atoms with van der Waals surface area (Å²) in [5, 5.41) is 2.90. The van der Waals surface area contributed by atoms with E-state index in [-0.39, 0.29) is 11.3 Å². The maximum absolute atomic E-state index is 12.1. The van der Waals surface area contributed by atoms with E-state index in [1.807, 2.05) is 39.0 Å². The number of hydrogen-bond donors (Lipinski definition) is 1. The monoisotopic (exact) mass is 299 g/mol. The Hall–Kier alpha value is -1.03. The summed E-state index contributed by atoms with van der Waals surface area (Å²) in [4.78, 5) is 12.1. The van der Waals surface area contributed by atoms with E-state index in [1.165, 1.54) is 0 Å². The molecular weight excluding hydrogens is 282 g/mol. The van der Waals surface area contributed by atoms with Crippen molar-refractivity contribution < 1.29 is 9.53 Å². The summed E-state index contributed by atoms with van der Waals surface area (Å²) >= 11 is 3.38. The number of hydrogen-bond acceptors (Lipinski definition) is 2. The van der Waals surface area contributed by atoms with Crippen LogP contribution in [0, 0.1) is 5.41 Å². The zero-order valence-electron chi connectivity index (χ0n) is 10.6. The van der Waals surface area contributed by atoms with Crippen LogP contribution >= 0.6 is 15.9 Å². The van der Waals surface area contributed by atoms with Crippen LogP contribution in [0.5, 0.6) is 5.75 Å². The predicted octanol–water partition coefficient (Wildman–Crippen LogP) is 3.83. The van der Waals surface area contributed by atoms with Gasteiger partial charge in [-0.2, -0.15) is 0 Å². The summed E-state index contributed by atoms with van der Waals surface area (Å²) in [7, 11) is 1.59. The summed E-state index contributed by atoms with van der Waals surface area (Å²) in [6, 6.07) is 5.53. The van der Waals surface area contributed by atoms with Gasteiger partial charge in [0.15, 0.2) is 0 Å². The summed E-state index contributed by atoms with van der Waals surface area (Å²) in [6.45, 7) is 5.84. The Morgan fingerprint density at radius 1 is 1.47 bits per heavy atom. The highest BCUT2D eigenvalue weighted by Gasteiger charge is 2.26. The fourth-order valence-electron chi connectivity index (χ4n) is 1.23. The minimum atomic E-state index is -0.382. The molecule has 0 fully saturated rings. The van der Waals surface area contributed by atoms with E-state index in [0.717, 1.165) is 10.9 Å². The molecule has 0 aromatic heterocycles. The molecule has 17 heavy (non-hydrogen) atoms. The predicted molar refractivity (Wildman–Crippen MR) is 73.4 cm³/mol.